The molecule has 0 radical (unpaired) electrons. The maximum absolute atomic E-state index is 13.1. The van der Waals surface area contributed by atoms with Crippen molar-refractivity contribution in [3.8, 4) is 0 Å². The van der Waals surface area contributed by atoms with Crippen molar-refractivity contribution < 1.29 is 18.7 Å². The summed E-state index contributed by atoms with van der Waals surface area (Å²) in [6.07, 6.45) is 1.38. The lowest BCUT2D eigenvalue weighted by atomic mass is 9.94. The van der Waals surface area contributed by atoms with E-state index >= 15 is 0 Å². The Kier molecular flexibility index (Phi) is 4.29. The van der Waals surface area contributed by atoms with Crippen LogP contribution in [0, 0.1) is 5.82 Å². The second kappa shape index (κ2) is 6.09. The average molecular weight is 322 g/mol. The summed E-state index contributed by atoms with van der Waals surface area (Å²) < 4.78 is 24.4. The van der Waals surface area contributed by atoms with Crippen LogP contribution in [0.25, 0.3) is 0 Å². The number of carbonyl (C=O) groups is 1. The predicted octanol–water partition coefficient (Wildman–Crippen LogP) is 2.61. The fraction of sp³-hybridized carbons (Fsp3) is 0.588. The van der Waals surface area contributed by atoms with Crippen LogP contribution in [-0.4, -0.2) is 43.0 Å². The zero-order valence-corrected chi connectivity index (χ0v) is 13.6. The summed E-state index contributed by atoms with van der Waals surface area (Å²) in [5.74, 6) is -0.766. The molecule has 23 heavy (non-hydrogen) atoms. The Morgan fingerprint density at radius 3 is 2.30 bits per heavy atom. The van der Waals surface area contributed by atoms with Gasteiger partial charge in [-0.15, -0.1) is 0 Å². The van der Waals surface area contributed by atoms with Crippen molar-refractivity contribution in [3.63, 3.8) is 0 Å². The number of hydrogen-bond acceptors (Lipinski definition) is 3. The highest BCUT2D eigenvalue weighted by molar-refractivity contribution is 5.75. The van der Waals surface area contributed by atoms with Gasteiger partial charge in [0, 0.05) is 25.9 Å². The van der Waals surface area contributed by atoms with Crippen LogP contribution in [0.2, 0.25) is 0 Å². The molecule has 0 bridgehead atoms. The molecule has 2 saturated heterocycles. The summed E-state index contributed by atoms with van der Waals surface area (Å²) in [4.78, 5) is 14.3. The molecule has 0 atom stereocenters. The number of urea groups is 1. The van der Waals surface area contributed by atoms with Gasteiger partial charge in [-0.25, -0.2) is 9.18 Å². The molecule has 2 heterocycles. The van der Waals surface area contributed by atoms with Crippen molar-refractivity contribution in [2.75, 3.05) is 26.3 Å². The molecule has 0 unspecified atom stereocenters. The number of halogens is 1. The van der Waals surface area contributed by atoms with Crippen LogP contribution < -0.4 is 5.32 Å². The largest absolute Gasteiger partial charge is 0.347 e. The smallest absolute Gasteiger partial charge is 0.318 e. The molecule has 0 aliphatic carbocycles. The lowest BCUT2D eigenvalue weighted by Gasteiger charge is -2.39. The van der Waals surface area contributed by atoms with Crippen LogP contribution >= 0.6 is 0 Å². The first-order chi connectivity index (χ1) is 10.9. The minimum Gasteiger partial charge on any atom is -0.347 e. The maximum atomic E-state index is 13.1. The highest BCUT2D eigenvalue weighted by Gasteiger charge is 2.41. The molecule has 2 amide bonds. The molecule has 1 N–H and O–H groups in total. The van der Waals surface area contributed by atoms with Gasteiger partial charge in [-0.1, -0.05) is 12.1 Å². The quantitative estimate of drug-likeness (QED) is 0.910. The number of rotatable bonds is 2. The molecule has 2 fully saturated rings. The van der Waals surface area contributed by atoms with Gasteiger partial charge in [-0.2, -0.15) is 0 Å². The standard InChI is InChI=1S/C17H23FN2O3/c1-16(2,13-3-5-14(18)6-4-13)19-15(21)20-9-7-17(8-10-20)22-11-12-23-17/h3-6H,7-12H2,1-2H3,(H,19,21). The van der Waals surface area contributed by atoms with Gasteiger partial charge in [0.15, 0.2) is 5.79 Å². The number of amides is 2. The van der Waals surface area contributed by atoms with Crippen molar-refractivity contribution in [1.29, 1.82) is 0 Å². The van der Waals surface area contributed by atoms with E-state index in [1.165, 1.54) is 12.1 Å². The maximum Gasteiger partial charge on any atom is 0.318 e. The van der Waals surface area contributed by atoms with E-state index in [0.29, 0.717) is 39.1 Å². The van der Waals surface area contributed by atoms with Crippen molar-refractivity contribution >= 4 is 6.03 Å². The molecule has 0 saturated carbocycles. The first-order valence-electron chi connectivity index (χ1n) is 8.01. The molecule has 6 heteroatoms. The van der Waals surface area contributed by atoms with E-state index in [9.17, 15) is 9.18 Å². The average Bonchev–Trinajstić information content (AvgIpc) is 2.96. The van der Waals surface area contributed by atoms with Gasteiger partial charge in [0.05, 0.1) is 18.8 Å². The Morgan fingerprint density at radius 2 is 1.74 bits per heavy atom. The number of nitrogens with one attached hydrogen (secondary N) is 1. The van der Waals surface area contributed by atoms with Gasteiger partial charge in [-0.05, 0) is 31.5 Å². The second-order valence-electron chi connectivity index (χ2n) is 6.66. The predicted molar refractivity (Wildman–Crippen MR) is 83.4 cm³/mol. The summed E-state index contributed by atoms with van der Waals surface area (Å²) >= 11 is 0. The number of carbonyl (C=O) groups excluding carboxylic acids is 1. The summed E-state index contributed by atoms with van der Waals surface area (Å²) in [7, 11) is 0. The van der Waals surface area contributed by atoms with Gasteiger partial charge in [-0.3, -0.25) is 0 Å². The Hall–Kier alpha value is -1.66. The van der Waals surface area contributed by atoms with Gasteiger partial charge >= 0.3 is 6.03 Å². The summed E-state index contributed by atoms with van der Waals surface area (Å²) in [6, 6.07) is 6.08. The fourth-order valence-corrected chi connectivity index (χ4v) is 3.12. The van der Waals surface area contributed by atoms with E-state index in [2.05, 4.69) is 5.32 Å². The van der Waals surface area contributed by atoms with E-state index in [4.69, 9.17) is 9.47 Å². The first kappa shape index (κ1) is 16.2. The molecular weight excluding hydrogens is 299 g/mol. The Bertz CT molecular complexity index is 558. The van der Waals surface area contributed by atoms with Crippen molar-refractivity contribution in [2.45, 2.75) is 38.0 Å². The molecule has 3 rings (SSSR count). The SMILES string of the molecule is CC(C)(NC(=O)N1CCC2(CC1)OCCO2)c1ccc(F)cc1. The summed E-state index contributed by atoms with van der Waals surface area (Å²) in [6.45, 7) is 6.28. The van der Waals surface area contributed by atoms with Crippen LogP contribution in [0.3, 0.4) is 0 Å². The fourth-order valence-electron chi connectivity index (χ4n) is 3.12. The molecule has 2 aliphatic rings. The van der Waals surface area contributed by atoms with Gasteiger partial charge in [0.2, 0.25) is 0 Å². The van der Waals surface area contributed by atoms with Gasteiger partial charge in [0.1, 0.15) is 5.82 Å². The third kappa shape index (κ3) is 3.48. The van der Waals surface area contributed by atoms with E-state index in [0.717, 1.165) is 5.56 Å². The number of hydrogen-bond donors (Lipinski definition) is 1. The molecule has 126 valence electrons. The Balaban J connectivity index is 1.59. The molecule has 5 nitrogen and oxygen atoms in total. The minimum absolute atomic E-state index is 0.118. The monoisotopic (exact) mass is 322 g/mol. The topological polar surface area (TPSA) is 50.8 Å². The molecule has 0 aromatic heterocycles. The van der Waals surface area contributed by atoms with E-state index in [1.54, 1.807) is 17.0 Å². The molecular formula is C17H23FN2O3. The first-order valence-corrected chi connectivity index (χ1v) is 8.01. The zero-order chi connectivity index (χ0) is 16.5. The highest BCUT2D eigenvalue weighted by atomic mass is 19.1. The summed E-state index contributed by atoms with van der Waals surface area (Å²) in [5, 5.41) is 3.02. The highest BCUT2D eigenvalue weighted by Crippen LogP contribution is 2.31. The zero-order valence-electron chi connectivity index (χ0n) is 13.6. The van der Waals surface area contributed by atoms with Crippen LogP contribution in [0.15, 0.2) is 24.3 Å². The Morgan fingerprint density at radius 1 is 1.17 bits per heavy atom. The number of benzene rings is 1. The number of ether oxygens (including phenoxy) is 2. The molecule has 2 aliphatic heterocycles. The third-order valence-corrected chi connectivity index (χ3v) is 4.61. The number of piperidine rings is 1. The Labute approximate surface area is 135 Å². The van der Waals surface area contributed by atoms with Gasteiger partial charge < -0.3 is 19.7 Å². The number of nitrogens with zero attached hydrogens (tertiary/aromatic N) is 1. The number of likely N-dealkylation sites (tertiary alicyclic amines) is 1. The van der Waals surface area contributed by atoms with Crippen molar-refractivity contribution in [2.24, 2.45) is 0 Å². The van der Waals surface area contributed by atoms with E-state index < -0.39 is 11.3 Å². The van der Waals surface area contributed by atoms with Crippen LogP contribution in [-0.2, 0) is 15.0 Å². The normalized spacial score (nSPS) is 20.7. The molecule has 1 aromatic rings. The van der Waals surface area contributed by atoms with E-state index in [1.807, 2.05) is 13.8 Å². The second-order valence-corrected chi connectivity index (χ2v) is 6.66. The molecule has 1 spiro atoms. The molecule has 1 aromatic carbocycles. The minimum atomic E-state index is -0.569. The van der Waals surface area contributed by atoms with E-state index in [-0.39, 0.29) is 11.8 Å². The lowest BCUT2D eigenvalue weighted by Crippen LogP contribution is -2.53. The lowest BCUT2D eigenvalue weighted by molar-refractivity contribution is -0.181. The van der Waals surface area contributed by atoms with Crippen LogP contribution in [0.5, 0.6) is 0 Å². The summed E-state index contributed by atoms with van der Waals surface area (Å²) in [5.41, 5.74) is 0.295. The van der Waals surface area contributed by atoms with Gasteiger partial charge in [0.25, 0.3) is 0 Å². The van der Waals surface area contributed by atoms with Crippen molar-refractivity contribution in [3.05, 3.63) is 35.6 Å². The van der Waals surface area contributed by atoms with Crippen molar-refractivity contribution in [1.82, 2.24) is 10.2 Å². The third-order valence-electron chi connectivity index (χ3n) is 4.61. The van der Waals surface area contributed by atoms with Crippen LogP contribution in [0.4, 0.5) is 9.18 Å². The van der Waals surface area contributed by atoms with Crippen LogP contribution in [0.1, 0.15) is 32.3 Å².